The van der Waals surface area contributed by atoms with Crippen LogP contribution in [0.5, 0.6) is 0 Å². The number of hydrogen-bond acceptors (Lipinski definition) is 1. The molecule has 16 heavy (non-hydrogen) atoms. The fourth-order valence-electron chi connectivity index (χ4n) is 2.11. The van der Waals surface area contributed by atoms with Gasteiger partial charge in [0.15, 0.2) is 0 Å². The fraction of sp³-hybridized carbons (Fsp3) is 0.500. The van der Waals surface area contributed by atoms with Crippen molar-refractivity contribution in [2.24, 2.45) is 0 Å². The van der Waals surface area contributed by atoms with Crippen molar-refractivity contribution in [2.75, 3.05) is 6.54 Å². The van der Waals surface area contributed by atoms with Gasteiger partial charge in [-0.2, -0.15) is 0 Å². The molecule has 1 atom stereocenters. The van der Waals surface area contributed by atoms with Crippen LogP contribution in [0.25, 0.3) is 0 Å². The molecule has 88 valence electrons. The molecule has 0 aromatic heterocycles. The number of nitrogens with one attached hydrogen (secondary N) is 1. The summed E-state index contributed by atoms with van der Waals surface area (Å²) in [6.45, 7) is 1.09. The van der Waals surface area contributed by atoms with Gasteiger partial charge in [0.2, 0.25) is 0 Å². The molecule has 1 nitrogen and oxygen atoms in total. The average Bonchev–Trinajstić information content (AvgIpc) is 2.25. The first kappa shape index (κ1) is 12.5. The van der Waals surface area contributed by atoms with E-state index in [4.69, 9.17) is 34.8 Å². The van der Waals surface area contributed by atoms with Crippen molar-refractivity contribution in [3.8, 4) is 0 Å². The Morgan fingerprint density at radius 1 is 1.12 bits per heavy atom. The summed E-state index contributed by atoms with van der Waals surface area (Å²) in [4.78, 5) is 0. The standard InChI is InChI=1S/C12H14Cl3N/c13-8-5-11(14)10(12(15)6-8)7-9-3-1-2-4-16-9/h5-6,9,16H,1-4,7H2. The molecule has 1 saturated heterocycles. The lowest BCUT2D eigenvalue weighted by Gasteiger charge is -2.24. The Balaban J connectivity index is 2.14. The minimum absolute atomic E-state index is 0.491. The number of halogens is 3. The molecule has 2 rings (SSSR count). The van der Waals surface area contributed by atoms with Crippen molar-refractivity contribution in [1.82, 2.24) is 5.32 Å². The van der Waals surface area contributed by atoms with Gasteiger partial charge >= 0.3 is 0 Å². The third-order valence-corrected chi connectivity index (χ3v) is 3.86. The molecule has 1 N–H and O–H groups in total. The quantitative estimate of drug-likeness (QED) is 0.849. The van der Waals surface area contributed by atoms with Crippen LogP contribution in [0.2, 0.25) is 15.1 Å². The maximum absolute atomic E-state index is 6.16. The van der Waals surface area contributed by atoms with Crippen LogP contribution in [0.4, 0.5) is 0 Å². The molecule has 0 bridgehead atoms. The van der Waals surface area contributed by atoms with Crippen molar-refractivity contribution in [3.05, 3.63) is 32.8 Å². The number of rotatable bonds is 2. The second-order valence-corrected chi connectivity index (χ2v) is 5.45. The summed E-state index contributed by atoms with van der Waals surface area (Å²) in [6.07, 6.45) is 4.61. The summed E-state index contributed by atoms with van der Waals surface area (Å²) in [5.74, 6) is 0. The van der Waals surface area contributed by atoms with Crippen LogP contribution in [0, 0.1) is 0 Å². The highest BCUT2D eigenvalue weighted by Crippen LogP contribution is 2.30. The molecule has 1 fully saturated rings. The van der Waals surface area contributed by atoms with Crippen LogP contribution in [0.15, 0.2) is 12.1 Å². The fourth-order valence-corrected chi connectivity index (χ4v) is 3.08. The Bertz CT molecular complexity index is 350. The van der Waals surface area contributed by atoms with Crippen molar-refractivity contribution in [3.63, 3.8) is 0 Å². The first-order valence-electron chi connectivity index (χ1n) is 5.53. The second kappa shape index (κ2) is 5.59. The van der Waals surface area contributed by atoms with E-state index in [0.717, 1.165) is 18.5 Å². The summed E-state index contributed by atoms with van der Waals surface area (Å²) >= 11 is 18.2. The Labute approximate surface area is 111 Å². The van der Waals surface area contributed by atoms with Crippen LogP contribution < -0.4 is 5.32 Å². The van der Waals surface area contributed by atoms with Gasteiger partial charge in [0.25, 0.3) is 0 Å². The minimum Gasteiger partial charge on any atom is -0.314 e. The summed E-state index contributed by atoms with van der Waals surface area (Å²) in [5, 5.41) is 5.42. The van der Waals surface area contributed by atoms with E-state index in [9.17, 15) is 0 Å². The van der Waals surface area contributed by atoms with Gasteiger partial charge in [-0.15, -0.1) is 0 Å². The van der Waals surface area contributed by atoms with Crippen molar-refractivity contribution < 1.29 is 0 Å². The summed E-state index contributed by atoms with van der Waals surface area (Å²) in [5.41, 5.74) is 1.01. The molecule has 1 aromatic rings. The topological polar surface area (TPSA) is 12.0 Å². The van der Waals surface area contributed by atoms with Gasteiger partial charge in [0.1, 0.15) is 0 Å². The maximum atomic E-state index is 6.16. The monoisotopic (exact) mass is 277 g/mol. The lowest BCUT2D eigenvalue weighted by molar-refractivity contribution is 0.399. The maximum Gasteiger partial charge on any atom is 0.0468 e. The average molecular weight is 279 g/mol. The molecular weight excluding hydrogens is 264 g/mol. The van der Waals surface area contributed by atoms with Crippen molar-refractivity contribution in [2.45, 2.75) is 31.7 Å². The summed E-state index contributed by atoms with van der Waals surface area (Å²) in [6, 6.07) is 4.00. The smallest absolute Gasteiger partial charge is 0.0468 e. The molecular formula is C12H14Cl3N. The van der Waals surface area contributed by atoms with E-state index in [1.54, 1.807) is 12.1 Å². The summed E-state index contributed by atoms with van der Waals surface area (Å²) in [7, 11) is 0. The largest absolute Gasteiger partial charge is 0.314 e. The molecule has 1 aliphatic rings. The van der Waals surface area contributed by atoms with Gasteiger partial charge in [-0.3, -0.25) is 0 Å². The number of piperidine rings is 1. The van der Waals surface area contributed by atoms with E-state index in [0.29, 0.717) is 21.1 Å². The predicted molar refractivity (Wildman–Crippen MR) is 70.8 cm³/mol. The third-order valence-electron chi connectivity index (χ3n) is 2.97. The summed E-state index contributed by atoms with van der Waals surface area (Å²) < 4.78 is 0. The normalized spacial score (nSPS) is 21.1. The molecule has 1 aromatic carbocycles. The molecule has 0 saturated carbocycles. The van der Waals surface area contributed by atoms with Crippen LogP contribution in [0.3, 0.4) is 0 Å². The SMILES string of the molecule is Clc1cc(Cl)c(CC2CCCCN2)c(Cl)c1. The predicted octanol–water partition coefficient (Wildman–Crippen LogP) is 4.33. The lowest BCUT2D eigenvalue weighted by atomic mass is 9.98. The number of benzene rings is 1. The third kappa shape index (κ3) is 3.04. The van der Waals surface area contributed by atoms with Gasteiger partial charge < -0.3 is 5.32 Å². The first-order valence-corrected chi connectivity index (χ1v) is 6.67. The van der Waals surface area contributed by atoms with E-state index in [-0.39, 0.29) is 0 Å². The lowest BCUT2D eigenvalue weighted by Crippen LogP contribution is -2.35. The number of hydrogen-bond donors (Lipinski definition) is 1. The molecule has 1 heterocycles. The van der Waals surface area contributed by atoms with Crippen LogP contribution >= 0.6 is 34.8 Å². The van der Waals surface area contributed by atoms with Gasteiger partial charge in [0.05, 0.1) is 0 Å². The first-order chi connectivity index (χ1) is 7.66. The molecule has 4 heteroatoms. The van der Waals surface area contributed by atoms with E-state index in [2.05, 4.69) is 5.32 Å². The highest BCUT2D eigenvalue weighted by atomic mass is 35.5. The van der Waals surface area contributed by atoms with Crippen molar-refractivity contribution >= 4 is 34.8 Å². The van der Waals surface area contributed by atoms with Gasteiger partial charge in [-0.05, 0) is 43.5 Å². The van der Waals surface area contributed by atoms with E-state index >= 15 is 0 Å². The highest BCUT2D eigenvalue weighted by molar-refractivity contribution is 6.39. The zero-order valence-corrected chi connectivity index (χ0v) is 11.2. The molecule has 1 aliphatic heterocycles. The molecule has 1 unspecified atom stereocenters. The Hall–Kier alpha value is 0.0500. The Morgan fingerprint density at radius 3 is 2.38 bits per heavy atom. The van der Waals surface area contributed by atoms with Gasteiger partial charge in [0, 0.05) is 21.1 Å². The molecule has 0 aliphatic carbocycles. The zero-order chi connectivity index (χ0) is 11.5. The second-order valence-electron chi connectivity index (χ2n) is 4.20. The van der Waals surface area contributed by atoms with Crippen LogP contribution in [-0.4, -0.2) is 12.6 Å². The van der Waals surface area contributed by atoms with E-state index < -0.39 is 0 Å². The van der Waals surface area contributed by atoms with Crippen molar-refractivity contribution in [1.29, 1.82) is 0 Å². The van der Waals surface area contributed by atoms with Gasteiger partial charge in [-0.25, -0.2) is 0 Å². The zero-order valence-electron chi connectivity index (χ0n) is 8.90. The van der Waals surface area contributed by atoms with Crippen LogP contribution in [-0.2, 0) is 6.42 Å². The Morgan fingerprint density at radius 2 is 1.81 bits per heavy atom. The molecule has 0 amide bonds. The minimum atomic E-state index is 0.491. The van der Waals surface area contributed by atoms with Crippen LogP contribution in [0.1, 0.15) is 24.8 Å². The molecule has 0 radical (unpaired) electrons. The highest BCUT2D eigenvalue weighted by Gasteiger charge is 2.16. The van der Waals surface area contributed by atoms with Gasteiger partial charge in [-0.1, -0.05) is 41.2 Å². The van der Waals surface area contributed by atoms with E-state index in [1.165, 1.54) is 19.3 Å². The Kier molecular flexibility index (Phi) is 4.37. The van der Waals surface area contributed by atoms with E-state index in [1.807, 2.05) is 0 Å². The molecule has 0 spiro atoms.